The molecule has 0 radical (unpaired) electrons. The van der Waals surface area contributed by atoms with Crippen LogP contribution in [0.2, 0.25) is 0 Å². The third-order valence-electron chi connectivity index (χ3n) is 4.36. The maximum Gasteiger partial charge on any atom is 0.360 e. The molecular weight excluding hydrogens is 342 g/mol. The Kier molecular flexibility index (Phi) is 5.26. The predicted octanol–water partition coefficient (Wildman–Crippen LogP) is 4.48. The van der Waals surface area contributed by atoms with E-state index in [-0.39, 0.29) is 12.3 Å². The van der Waals surface area contributed by atoms with Crippen LogP contribution in [0.1, 0.15) is 34.1 Å². The molecule has 0 saturated carbocycles. The molecule has 0 saturated heterocycles. The molecular formula is C21H23N3O3. The second-order valence-electron chi connectivity index (χ2n) is 6.40. The number of ether oxygens (including phenoxy) is 2. The van der Waals surface area contributed by atoms with Crippen LogP contribution in [0.4, 0.5) is 11.5 Å². The first-order valence-electron chi connectivity index (χ1n) is 8.80. The number of nitrogens with one attached hydrogen (secondary N) is 1. The first-order valence-corrected chi connectivity index (χ1v) is 8.80. The zero-order valence-corrected chi connectivity index (χ0v) is 16.2. The Balaban J connectivity index is 2.17. The van der Waals surface area contributed by atoms with Gasteiger partial charge in [0.15, 0.2) is 11.5 Å². The molecule has 6 nitrogen and oxygen atoms in total. The summed E-state index contributed by atoms with van der Waals surface area (Å²) in [6, 6.07) is 9.64. The molecule has 0 atom stereocenters. The molecule has 2 aromatic carbocycles. The minimum Gasteiger partial charge on any atom is -0.495 e. The maximum atomic E-state index is 12.5. The Bertz CT molecular complexity index is 1020. The Hall–Kier alpha value is -3.15. The first kappa shape index (κ1) is 18.6. The summed E-state index contributed by atoms with van der Waals surface area (Å²) in [4.78, 5) is 21.7. The van der Waals surface area contributed by atoms with Crippen LogP contribution in [0.3, 0.4) is 0 Å². The molecule has 0 spiro atoms. The van der Waals surface area contributed by atoms with Gasteiger partial charge in [-0.3, -0.25) is 0 Å². The third kappa shape index (κ3) is 3.84. The van der Waals surface area contributed by atoms with Gasteiger partial charge in [-0.15, -0.1) is 0 Å². The van der Waals surface area contributed by atoms with E-state index in [1.54, 1.807) is 14.0 Å². The lowest BCUT2D eigenvalue weighted by Gasteiger charge is -2.15. The minimum atomic E-state index is -0.515. The SMILES string of the molecule is CCOC(=O)c1nc2cc(C)c(C)cc2nc1Nc1cc(C)ccc1OC. The first-order chi connectivity index (χ1) is 12.9. The summed E-state index contributed by atoms with van der Waals surface area (Å²) < 4.78 is 10.6. The summed E-state index contributed by atoms with van der Waals surface area (Å²) in [7, 11) is 1.60. The second-order valence-corrected chi connectivity index (χ2v) is 6.40. The predicted molar refractivity (Wildman–Crippen MR) is 106 cm³/mol. The van der Waals surface area contributed by atoms with Crippen molar-refractivity contribution in [1.29, 1.82) is 0 Å². The van der Waals surface area contributed by atoms with Crippen molar-refractivity contribution < 1.29 is 14.3 Å². The van der Waals surface area contributed by atoms with Gasteiger partial charge in [-0.2, -0.15) is 0 Å². The number of hydrogen-bond donors (Lipinski definition) is 1. The molecule has 0 bridgehead atoms. The van der Waals surface area contributed by atoms with Crippen LogP contribution in [-0.4, -0.2) is 29.7 Å². The molecule has 3 aromatic rings. The van der Waals surface area contributed by atoms with Gasteiger partial charge >= 0.3 is 5.97 Å². The topological polar surface area (TPSA) is 73.3 Å². The lowest BCUT2D eigenvalue weighted by molar-refractivity contribution is 0.0521. The highest BCUT2D eigenvalue weighted by molar-refractivity contribution is 5.96. The van der Waals surface area contributed by atoms with E-state index in [0.717, 1.165) is 16.7 Å². The van der Waals surface area contributed by atoms with Crippen molar-refractivity contribution in [2.24, 2.45) is 0 Å². The molecule has 27 heavy (non-hydrogen) atoms. The van der Waals surface area contributed by atoms with E-state index in [0.29, 0.717) is 28.3 Å². The van der Waals surface area contributed by atoms with Crippen LogP contribution >= 0.6 is 0 Å². The van der Waals surface area contributed by atoms with Crippen molar-refractivity contribution in [3.8, 4) is 5.75 Å². The number of hydrogen-bond acceptors (Lipinski definition) is 6. The Morgan fingerprint density at radius 1 is 1.04 bits per heavy atom. The van der Waals surface area contributed by atoms with E-state index in [1.165, 1.54) is 0 Å². The smallest absolute Gasteiger partial charge is 0.360 e. The quantitative estimate of drug-likeness (QED) is 0.672. The molecule has 1 aromatic heterocycles. The van der Waals surface area contributed by atoms with E-state index in [4.69, 9.17) is 9.47 Å². The van der Waals surface area contributed by atoms with Gasteiger partial charge in [0.2, 0.25) is 0 Å². The van der Waals surface area contributed by atoms with E-state index < -0.39 is 5.97 Å². The molecule has 0 fully saturated rings. The molecule has 0 amide bonds. The number of anilines is 2. The normalized spacial score (nSPS) is 10.7. The van der Waals surface area contributed by atoms with Crippen molar-refractivity contribution in [3.63, 3.8) is 0 Å². The highest BCUT2D eigenvalue weighted by atomic mass is 16.5. The van der Waals surface area contributed by atoms with E-state index in [1.807, 2.05) is 51.1 Å². The standard InChI is InChI=1S/C21H23N3O3/c1-6-27-21(25)19-20(24-17-9-12(2)7-8-18(17)26-5)23-16-11-14(4)13(3)10-15(16)22-19/h7-11H,6H2,1-5H3,(H,23,24). The zero-order valence-electron chi connectivity index (χ0n) is 16.2. The van der Waals surface area contributed by atoms with Crippen molar-refractivity contribution in [3.05, 3.63) is 52.7 Å². The van der Waals surface area contributed by atoms with E-state index in [9.17, 15) is 4.79 Å². The van der Waals surface area contributed by atoms with Crippen LogP contribution in [0.25, 0.3) is 11.0 Å². The van der Waals surface area contributed by atoms with Gasteiger partial charge in [-0.25, -0.2) is 14.8 Å². The lowest BCUT2D eigenvalue weighted by Crippen LogP contribution is -2.12. The highest BCUT2D eigenvalue weighted by Gasteiger charge is 2.19. The van der Waals surface area contributed by atoms with Crippen LogP contribution in [0.5, 0.6) is 5.75 Å². The fourth-order valence-electron chi connectivity index (χ4n) is 2.79. The number of fused-ring (bicyclic) bond motifs is 1. The lowest BCUT2D eigenvalue weighted by atomic mass is 10.1. The number of aromatic nitrogens is 2. The zero-order chi connectivity index (χ0) is 19.6. The number of rotatable bonds is 5. The molecule has 0 aliphatic rings. The van der Waals surface area contributed by atoms with Crippen molar-refractivity contribution in [2.45, 2.75) is 27.7 Å². The van der Waals surface area contributed by atoms with Crippen LogP contribution in [0.15, 0.2) is 30.3 Å². The maximum absolute atomic E-state index is 12.5. The average Bonchev–Trinajstić information content (AvgIpc) is 2.63. The molecule has 0 aliphatic heterocycles. The second kappa shape index (κ2) is 7.61. The van der Waals surface area contributed by atoms with E-state index in [2.05, 4.69) is 15.3 Å². The Morgan fingerprint density at radius 3 is 2.33 bits per heavy atom. The fraction of sp³-hybridized carbons (Fsp3) is 0.286. The van der Waals surface area contributed by atoms with Gasteiger partial charge in [0, 0.05) is 0 Å². The molecule has 0 unspecified atom stereocenters. The monoisotopic (exact) mass is 365 g/mol. The summed E-state index contributed by atoms with van der Waals surface area (Å²) in [5.74, 6) is 0.477. The fourth-order valence-corrected chi connectivity index (χ4v) is 2.79. The average molecular weight is 365 g/mol. The van der Waals surface area contributed by atoms with E-state index >= 15 is 0 Å². The molecule has 6 heteroatoms. The van der Waals surface area contributed by atoms with Gasteiger partial charge in [0.1, 0.15) is 5.75 Å². The number of carbonyl (C=O) groups excluding carboxylic acids is 1. The Morgan fingerprint density at radius 2 is 1.70 bits per heavy atom. The summed E-state index contributed by atoms with van der Waals surface area (Å²) in [6.07, 6.45) is 0. The van der Waals surface area contributed by atoms with Gasteiger partial charge in [-0.1, -0.05) is 6.07 Å². The summed E-state index contributed by atoms with van der Waals surface area (Å²) in [6.45, 7) is 8.03. The van der Waals surface area contributed by atoms with Gasteiger partial charge in [0.25, 0.3) is 0 Å². The summed E-state index contributed by atoms with van der Waals surface area (Å²) in [5.41, 5.74) is 5.48. The number of methoxy groups -OCH3 is 1. The molecule has 1 heterocycles. The molecule has 1 N–H and O–H groups in total. The highest BCUT2D eigenvalue weighted by Crippen LogP contribution is 2.30. The third-order valence-corrected chi connectivity index (χ3v) is 4.36. The van der Waals surface area contributed by atoms with Gasteiger partial charge in [-0.05, 0) is 68.7 Å². The Labute approximate surface area is 158 Å². The minimum absolute atomic E-state index is 0.149. The number of benzene rings is 2. The van der Waals surface area contributed by atoms with Gasteiger partial charge in [0.05, 0.1) is 30.4 Å². The van der Waals surface area contributed by atoms with Crippen LogP contribution in [-0.2, 0) is 4.74 Å². The number of carbonyl (C=O) groups is 1. The van der Waals surface area contributed by atoms with Crippen LogP contribution < -0.4 is 10.1 Å². The number of nitrogens with zero attached hydrogens (tertiary/aromatic N) is 2. The van der Waals surface area contributed by atoms with Crippen molar-refractivity contribution in [1.82, 2.24) is 9.97 Å². The van der Waals surface area contributed by atoms with Crippen molar-refractivity contribution >= 4 is 28.5 Å². The molecule has 140 valence electrons. The number of aryl methyl sites for hydroxylation is 3. The van der Waals surface area contributed by atoms with Gasteiger partial charge < -0.3 is 14.8 Å². The van der Waals surface area contributed by atoms with Crippen molar-refractivity contribution in [2.75, 3.05) is 19.0 Å². The summed E-state index contributed by atoms with van der Waals surface area (Å²) >= 11 is 0. The van der Waals surface area contributed by atoms with Crippen LogP contribution in [0, 0.1) is 20.8 Å². The molecule has 0 aliphatic carbocycles. The molecule has 3 rings (SSSR count). The largest absolute Gasteiger partial charge is 0.495 e. The summed E-state index contributed by atoms with van der Waals surface area (Å²) in [5, 5.41) is 3.20. The number of esters is 1.